The third-order valence-electron chi connectivity index (χ3n) is 3.59. The molecule has 2 unspecified atom stereocenters. The van der Waals surface area contributed by atoms with E-state index in [2.05, 4.69) is 5.32 Å². The van der Waals surface area contributed by atoms with Crippen molar-refractivity contribution in [1.29, 1.82) is 0 Å². The molecule has 1 aliphatic carbocycles. The van der Waals surface area contributed by atoms with E-state index in [4.69, 9.17) is 4.74 Å². The maximum Gasteiger partial charge on any atom is 0.309 e. The summed E-state index contributed by atoms with van der Waals surface area (Å²) in [4.78, 5) is 11.7. The summed E-state index contributed by atoms with van der Waals surface area (Å²) < 4.78 is 5.32. The largest absolute Gasteiger partial charge is 0.461 e. The van der Waals surface area contributed by atoms with Gasteiger partial charge in [0.05, 0.1) is 5.92 Å². The Morgan fingerprint density at radius 1 is 1.25 bits per heavy atom. The predicted molar refractivity (Wildman–Crippen MR) is 59.6 cm³/mol. The zero-order valence-electron chi connectivity index (χ0n) is 9.06. The Balaban J connectivity index is 1.51. The average Bonchev–Trinajstić information content (AvgIpc) is 2.81. The van der Waals surface area contributed by atoms with E-state index in [0.717, 1.165) is 18.7 Å². The van der Waals surface area contributed by atoms with Crippen LogP contribution >= 0.6 is 0 Å². The Bertz CT molecular complexity index is 380. The number of carbonyl (C=O) groups is 1. The standard InChI is InChI=1S/C13H15NO2/c15-13(12-10-6-14-7-11(10)12)16-8-9-4-2-1-3-5-9/h1-5,10-12,14H,6-8H2. The third kappa shape index (κ3) is 1.71. The van der Waals surface area contributed by atoms with Gasteiger partial charge in [-0.2, -0.15) is 0 Å². The molecule has 1 heterocycles. The second-order valence-electron chi connectivity index (χ2n) is 4.61. The molecule has 2 fully saturated rings. The van der Waals surface area contributed by atoms with Gasteiger partial charge in [0, 0.05) is 0 Å². The molecular formula is C13H15NO2. The smallest absolute Gasteiger partial charge is 0.309 e. The molecule has 0 spiro atoms. The lowest BCUT2D eigenvalue weighted by Gasteiger charge is -2.06. The van der Waals surface area contributed by atoms with Crippen molar-refractivity contribution in [2.24, 2.45) is 17.8 Å². The van der Waals surface area contributed by atoms with E-state index in [1.165, 1.54) is 0 Å². The molecule has 1 aromatic carbocycles. The van der Waals surface area contributed by atoms with Crippen molar-refractivity contribution in [3.63, 3.8) is 0 Å². The van der Waals surface area contributed by atoms with Gasteiger partial charge < -0.3 is 10.1 Å². The number of benzene rings is 1. The van der Waals surface area contributed by atoms with Gasteiger partial charge in [-0.3, -0.25) is 4.79 Å². The van der Waals surface area contributed by atoms with Crippen molar-refractivity contribution in [3.8, 4) is 0 Å². The highest BCUT2D eigenvalue weighted by molar-refractivity contribution is 5.77. The van der Waals surface area contributed by atoms with Crippen LogP contribution in [0.2, 0.25) is 0 Å². The maximum atomic E-state index is 11.7. The number of ether oxygens (including phenoxy) is 1. The topological polar surface area (TPSA) is 38.3 Å². The van der Waals surface area contributed by atoms with E-state index in [1.54, 1.807) is 0 Å². The van der Waals surface area contributed by atoms with Crippen LogP contribution in [0.4, 0.5) is 0 Å². The first-order chi connectivity index (χ1) is 7.86. The summed E-state index contributed by atoms with van der Waals surface area (Å²) in [6, 6.07) is 9.82. The van der Waals surface area contributed by atoms with Crippen molar-refractivity contribution in [1.82, 2.24) is 5.32 Å². The number of nitrogens with one attached hydrogen (secondary N) is 1. The van der Waals surface area contributed by atoms with Crippen molar-refractivity contribution in [2.45, 2.75) is 6.61 Å². The van der Waals surface area contributed by atoms with Gasteiger partial charge in [0.25, 0.3) is 0 Å². The lowest BCUT2D eigenvalue weighted by molar-refractivity contribution is -0.147. The summed E-state index contributed by atoms with van der Waals surface area (Å²) in [6.07, 6.45) is 0. The first kappa shape index (κ1) is 9.85. The van der Waals surface area contributed by atoms with Crippen molar-refractivity contribution in [3.05, 3.63) is 35.9 Å². The van der Waals surface area contributed by atoms with E-state index in [-0.39, 0.29) is 11.9 Å². The Morgan fingerprint density at radius 2 is 1.94 bits per heavy atom. The Morgan fingerprint density at radius 3 is 2.62 bits per heavy atom. The van der Waals surface area contributed by atoms with Crippen LogP contribution in [0, 0.1) is 17.8 Å². The van der Waals surface area contributed by atoms with Crippen molar-refractivity contribution >= 4 is 5.97 Å². The minimum Gasteiger partial charge on any atom is -0.461 e. The summed E-state index contributed by atoms with van der Waals surface area (Å²) >= 11 is 0. The molecule has 3 rings (SSSR count). The Labute approximate surface area is 94.8 Å². The summed E-state index contributed by atoms with van der Waals surface area (Å²) in [7, 11) is 0. The zero-order valence-corrected chi connectivity index (χ0v) is 9.06. The van der Waals surface area contributed by atoms with Crippen molar-refractivity contribution in [2.75, 3.05) is 13.1 Å². The Kier molecular flexibility index (Phi) is 2.40. The molecule has 1 aliphatic heterocycles. The quantitative estimate of drug-likeness (QED) is 0.773. The molecule has 0 amide bonds. The first-order valence-corrected chi connectivity index (χ1v) is 5.77. The average molecular weight is 217 g/mol. The van der Waals surface area contributed by atoms with E-state index in [9.17, 15) is 4.79 Å². The SMILES string of the molecule is O=C(OCc1ccccc1)C1C2CNCC21. The van der Waals surface area contributed by atoms with Crippen LogP contribution in [0.15, 0.2) is 30.3 Å². The number of hydrogen-bond donors (Lipinski definition) is 1. The monoisotopic (exact) mass is 217 g/mol. The normalized spacial score (nSPS) is 30.9. The number of fused-ring (bicyclic) bond motifs is 1. The minimum atomic E-state index is -0.0136. The van der Waals surface area contributed by atoms with Gasteiger partial charge in [-0.15, -0.1) is 0 Å². The molecule has 2 atom stereocenters. The van der Waals surface area contributed by atoms with Crippen LogP contribution in [0.3, 0.4) is 0 Å². The fraction of sp³-hybridized carbons (Fsp3) is 0.462. The van der Waals surface area contributed by atoms with E-state index < -0.39 is 0 Å². The van der Waals surface area contributed by atoms with Gasteiger partial charge in [-0.1, -0.05) is 30.3 Å². The molecule has 0 radical (unpaired) electrons. The highest BCUT2D eigenvalue weighted by atomic mass is 16.5. The van der Waals surface area contributed by atoms with E-state index >= 15 is 0 Å². The lowest BCUT2D eigenvalue weighted by atomic mass is 10.2. The summed E-state index contributed by atoms with van der Waals surface area (Å²) in [5.74, 6) is 1.25. The molecule has 0 aromatic heterocycles. The van der Waals surface area contributed by atoms with Gasteiger partial charge in [-0.05, 0) is 30.5 Å². The van der Waals surface area contributed by atoms with Crippen LogP contribution in [0.1, 0.15) is 5.56 Å². The molecule has 1 N–H and O–H groups in total. The van der Waals surface area contributed by atoms with Gasteiger partial charge in [0.2, 0.25) is 0 Å². The second-order valence-corrected chi connectivity index (χ2v) is 4.61. The number of carbonyl (C=O) groups excluding carboxylic acids is 1. The highest BCUT2D eigenvalue weighted by Gasteiger charge is 2.57. The van der Waals surface area contributed by atoms with Crippen LogP contribution in [0.25, 0.3) is 0 Å². The van der Waals surface area contributed by atoms with Crippen molar-refractivity contribution < 1.29 is 9.53 Å². The molecular weight excluding hydrogens is 202 g/mol. The zero-order chi connectivity index (χ0) is 11.0. The molecule has 2 aliphatic rings. The maximum absolute atomic E-state index is 11.7. The minimum absolute atomic E-state index is 0.0136. The number of piperidine rings is 1. The summed E-state index contributed by atoms with van der Waals surface area (Å²) in [5, 5.41) is 3.27. The third-order valence-corrected chi connectivity index (χ3v) is 3.59. The summed E-state index contributed by atoms with van der Waals surface area (Å²) in [6.45, 7) is 2.37. The van der Waals surface area contributed by atoms with E-state index in [1.807, 2.05) is 30.3 Å². The van der Waals surface area contributed by atoms with E-state index in [0.29, 0.717) is 18.4 Å². The summed E-state index contributed by atoms with van der Waals surface area (Å²) in [5.41, 5.74) is 1.06. The molecule has 1 aromatic rings. The van der Waals surface area contributed by atoms with Gasteiger partial charge >= 0.3 is 5.97 Å². The number of rotatable bonds is 3. The van der Waals surface area contributed by atoms with Crippen LogP contribution in [-0.4, -0.2) is 19.1 Å². The molecule has 3 nitrogen and oxygen atoms in total. The van der Waals surface area contributed by atoms with Gasteiger partial charge in [0.1, 0.15) is 6.61 Å². The Hall–Kier alpha value is -1.35. The van der Waals surface area contributed by atoms with Gasteiger partial charge in [-0.25, -0.2) is 0 Å². The fourth-order valence-electron chi connectivity index (χ4n) is 2.59. The van der Waals surface area contributed by atoms with Crippen LogP contribution in [-0.2, 0) is 16.1 Å². The highest BCUT2D eigenvalue weighted by Crippen LogP contribution is 2.49. The molecule has 3 heteroatoms. The van der Waals surface area contributed by atoms with Crippen LogP contribution in [0.5, 0.6) is 0 Å². The molecule has 0 bridgehead atoms. The molecule has 1 saturated heterocycles. The van der Waals surface area contributed by atoms with Gasteiger partial charge in [0.15, 0.2) is 0 Å². The first-order valence-electron chi connectivity index (χ1n) is 5.77. The molecule has 84 valence electrons. The molecule has 16 heavy (non-hydrogen) atoms. The van der Waals surface area contributed by atoms with Crippen LogP contribution < -0.4 is 5.32 Å². The molecule has 1 saturated carbocycles. The second kappa shape index (κ2) is 3.91. The number of hydrogen-bond acceptors (Lipinski definition) is 3. The fourth-order valence-corrected chi connectivity index (χ4v) is 2.59. The number of esters is 1. The lowest BCUT2D eigenvalue weighted by Crippen LogP contribution is -2.20. The predicted octanol–water partition coefficient (Wildman–Crippen LogP) is 1.20.